The molecule has 3 rings (SSSR count). The minimum atomic E-state index is 0.683. The SMILES string of the molecule is C=Cc1cccc(C#Cc2ccc(Pc3ccc(C)cc3)cc2)c1. The fraction of sp³-hybridized carbons (Fsp3) is 0.0435. The molecule has 1 unspecified atom stereocenters. The molecule has 0 N–H and O–H groups in total. The van der Waals surface area contributed by atoms with Gasteiger partial charge in [0, 0.05) is 11.1 Å². The lowest BCUT2D eigenvalue weighted by atomic mass is 10.1. The fourth-order valence-corrected chi connectivity index (χ4v) is 3.33. The maximum absolute atomic E-state index is 3.79. The van der Waals surface area contributed by atoms with Crippen molar-refractivity contribution < 1.29 is 0 Å². The van der Waals surface area contributed by atoms with Gasteiger partial charge in [-0.25, -0.2) is 0 Å². The van der Waals surface area contributed by atoms with Gasteiger partial charge in [-0.2, -0.15) is 0 Å². The van der Waals surface area contributed by atoms with Gasteiger partial charge in [0.2, 0.25) is 0 Å². The molecular weight excluding hydrogens is 307 g/mol. The van der Waals surface area contributed by atoms with Crippen LogP contribution in [0.4, 0.5) is 0 Å². The van der Waals surface area contributed by atoms with Gasteiger partial charge in [0.1, 0.15) is 0 Å². The Morgan fingerprint density at radius 1 is 0.792 bits per heavy atom. The summed E-state index contributed by atoms with van der Waals surface area (Å²) in [5.74, 6) is 6.45. The van der Waals surface area contributed by atoms with Crippen LogP contribution in [0.1, 0.15) is 22.3 Å². The highest BCUT2D eigenvalue weighted by Crippen LogP contribution is 2.12. The monoisotopic (exact) mass is 326 g/mol. The molecule has 0 spiro atoms. The molecule has 0 aliphatic rings. The van der Waals surface area contributed by atoms with E-state index in [-0.39, 0.29) is 0 Å². The van der Waals surface area contributed by atoms with E-state index in [9.17, 15) is 0 Å². The average Bonchev–Trinajstić information content (AvgIpc) is 2.63. The van der Waals surface area contributed by atoms with E-state index < -0.39 is 0 Å². The number of rotatable bonds is 3. The molecule has 0 aliphatic heterocycles. The second kappa shape index (κ2) is 7.78. The van der Waals surface area contributed by atoms with E-state index in [0.29, 0.717) is 8.58 Å². The standard InChI is InChI=1S/C23H19P/c1-3-19-5-4-6-21(17-19)10-9-20-11-15-23(16-12-20)24-22-13-7-18(2)8-14-22/h3-8,11-17,24H,1H2,2H3. The molecule has 0 bridgehead atoms. The molecule has 0 aliphatic carbocycles. The molecule has 116 valence electrons. The minimum Gasteiger partial charge on any atom is -0.0985 e. The molecule has 0 heterocycles. The van der Waals surface area contributed by atoms with Gasteiger partial charge in [-0.1, -0.05) is 87.2 Å². The van der Waals surface area contributed by atoms with Crippen LogP contribution in [-0.2, 0) is 0 Å². The lowest BCUT2D eigenvalue weighted by molar-refractivity contribution is 1.49. The Kier molecular flexibility index (Phi) is 5.27. The lowest BCUT2D eigenvalue weighted by Crippen LogP contribution is -2.02. The van der Waals surface area contributed by atoms with Gasteiger partial charge >= 0.3 is 0 Å². The van der Waals surface area contributed by atoms with Crippen LogP contribution in [0.15, 0.2) is 79.4 Å². The molecule has 1 atom stereocenters. The molecule has 3 aromatic rings. The molecule has 0 amide bonds. The molecule has 24 heavy (non-hydrogen) atoms. The first-order valence-corrected chi connectivity index (χ1v) is 8.91. The molecule has 0 radical (unpaired) electrons. The zero-order valence-electron chi connectivity index (χ0n) is 13.7. The maximum atomic E-state index is 3.79. The van der Waals surface area contributed by atoms with Crippen molar-refractivity contribution in [2.75, 3.05) is 0 Å². The highest BCUT2D eigenvalue weighted by atomic mass is 31.1. The van der Waals surface area contributed by atoms with E-state index >= 15 is 0 Å². The molecule has 0 saturated heterocycles. The van der Waals surface area contributed by atoms with Gasteiger partial charge in [-0.15, -0.1) is 0 Å². The third-order valence-electron chi connectivity index (χ3n) is 3.70. The Balaban J connectivity index is 1.71. The molecule has 0 saturated carbocycles. The van der Waals surface area contributed by atoms with E-state index in [2.05, 4.69) is 73.9 Å². The summed E-state index contributed by atoms with van der Waals surface area (Å²) >= 11 is 0. The summed E-state index contributed by atoms with van der Waals surface area (Å²) < 4.78 is 0. The van der Waals surface area contributed by atoms with Gasteiger partial charge in [-0.3, -0.25) is 0 Å². The topological polar surface area (TPSA) is 0 Å². The molecule has 0 aromatic heterocycles. The van der Waals surface area contributed by atoms with E-state index in [4.69, 9.17) is 0 Å². The third-order valence-corrected chi connectivity index (χ3v) is 4.94. The van der Waals surface area contributed by atoms with Gasteiger partial charge in [-0.05, 0) is 47.4 Å². The molecule has 1 heteroatoms. The average molecular weight is 326 g/mol. The molecule has 3 aromatic carbocycles. The van der Waals surface area contributed by atoms with Crippen molar-refractivity contribution in [2.45, 2.75) is 6.92 Å². The maximum Gasteiger partial charge on any atom is 0.0254 e. The second-order valence-corrected chi connectivity index (χ2v) is 7.05. The summed E-state index contributed by atoms with van der Waals surface area (Å²) in [4.78, 5) is 0. The lowest BCUT2D eigenvalue weighted by Gasteiger charge is -2.03. The predicted molar refractivity (Wildman–Crippen MR) is 108 cm³/mol. The van der Waals surface area contributed by atoms with Crippen molar-refractivity contribution in [1.82, 2.24) is 0 Å². The zero-order valence-corrected chi connectivity index (χ0v) is 14.7. The van der Waals surface area contributed by atoms with Crippen molar-refractivity contribution in [2.24, 2.45) is 0 Å². The Morgan fingerprint density at radius 3 is 2.08 bits per heavy atom. The van der Waals surface area contributed by atoms with E-state index in [1.807, 2.05) is 30.3 Å². The quantitative estimate of drug-likeness (QED) is 0.485. The Hall–Kier alpha value is -2.61. The van der Waals surface area contributed by atoms with Crippen molar-refractivity contribution >= 4 is 25.3 Å². The van der Waals surface area contributed by atoms with Crippen molar-refractivity contribution in [1.29, 1.82) is 0 Å². The fourth-order valence-electron chi connectivity index (χ4n) is 2.33. The van der Waals surface area contributed by atoms with Crippen LogP contribution in [0.5, 0.6) is 0 Å². The first-order valence-electron chi connectivity index (χ1n) is 7.91. The highest BCUT2D eigenvalue weighted by molar-refractivity contribution is 7.55. The smallest absolute Gasteiger partial charge is 0.0254 e. The summed E-state index contributed by atoms with van der Waals surface area (Å²) in [6.07, 6.45) is 1.84. The van der Waals surface area contributed by atoms with Crippen LogP contribution in [0.25, 0.3) is 6.08 Å². The van der Waals surface area contributed by atoms with Gasteiger partial charge in [0.15, 0.2) is 0 Å². The Labute approximate surface area is 146 Å². The minimum absolute atomic E-state index is 0.683. The van der Waals surface area contributed by atoms with Crippen LogP contribution in [0.2, 0.25) is 0 Å². The second-order valence-electron chi connectivity index (χ2n) is 5.65. The summed E-state index contributed by atoms with van der Waals surface area (Å²) in [6, 6.07) is 25.4. The first-order chi connectivity index (χ1) is 11.7. The van der Waals surface area contributed by atoms with Crippen LogP contribution < -0.4 is 10.6 Å². The van der Waals surface area contributed by atoms with Crippen molar-refractivity contribution in [3.8, 4) is 11.8 Å². The predicted octanol–water partition coefficient (Wildman–Crippen LogP) is 4.67. The zero-order chi connectivity index (χ0) is 16.8. The van der Waals surface area contributed by atoms with Crippen LogP contribution >= 0.6 is 8.58 Å². The van der Waals surface area contributed by atoms with Crippen LogP contribution in [0, 0.1) is 18.8 Å². The normalized spacial score (nSPS) is 10.4. The van der Waals surface area contributed by atoms with Crippen LogP contribution in [-0.4, -0.2) is 0 Å². The number of hydrogen-bond acceptors (Lipinski definition) is 0. The summed E-state index contributed by atoms with van der Waals surface area (Å²) in [6.45, 7) is 5.91. The molecular formula is C23H19P. The van der Waals surface area contributed by atoms with Gasteiger partial charge in [0.05, 0.1) is 0 Å². The van der Waals surface area contributed by atoms with E-state index in [1.165, 1.54) is 16.2 Å². The molecule has 0 fully saturated rings. The van der Waals surface area contributed by atoms with E-state index in [0.717, 1.165) is 16.7 Å². The Morgan fingerprint density at radius 2 is 1.42 bits per heavy atom. The van der Waals surface area contributed by atoms with Crippen LogP contribution in [0.3, 0.4) is 0 Å². The number of benzene rings is 3. The molecule has 0 nitrogen and oxygen atoms in total. The number of aryl methyl sites for hydroxylation is 1. The van der Waals surface area contributed by atoms with Gasteiger partial charge < -0.3 is 0 Å². The highest BCUT2D eigenvalue weighted by Gasteiger charge is 1.96. The first kappa shape index (κ1) is 16.3. The summed E-state index contributed by atoms with van der Waals surface area (Å²) in [5.41, 5.74) is 4.45. The largest absolute Gasteiger partial charge is 0.0985 e. The van der Waals surface area contributed by atoms with Crippen molar-refractivity contribution in [3.05, 3.63) is 102 Å². The third kappa shape index (κ3) is 4.45. The summed E-state index contributed by atoms with van der Waals surface area (Å²) in [7, 11) is 0.683. The Bertz CT molecular complexity index is 891. The number of hydrogen-bond donors (Lipinski definition) is 0. The van der Waals surface area contributed by atoms with E-state index in [1.54, 1.807) is 0 Å². The summed E-state index contributed by atoms with van der Waals surface area (Å²) in [5, 5.41) is 2.69. The van der Waals surface area contributed by atoms with Crippen molar-refractivity contribution in [3.63, 3.8) is 0 Å². The van der Waals surface area contributed by atoms with Gasteiger partial charge in [0.25, 0.3) is 0 Å².